The number of thiophene rings is 1. The molecule has 0 bridgehead atoms. The van der Waals surface area contributed by atoms with Crippen LogP contribution in [-0.2, 0) is 0 Å². The highest BCUT2D eigenvalue weighted by Gasteiger charge is 2.01. The molecule has 0 aliphatic rings. The van der Waals surface area contributed by atoms with Gasteiger partial charge in [-0.25, -0.2) is 9.97 Å². The lowest BCUT2D eigenvalue weighted by atomic mass is 10.3. The van der Waals surface area contributed by atoms with E-state index in [1.54, 1.807) is 11.6 Å². The van der Waals surface area contributed by atoms with Crippen LogP contribution in [0, 0.1) is 0 Å². The summed E-state index contributed by atoms with van der Waals surface area (Å²) >= 11 is 1.46. The van der Waals surface area contributed by atoms with Gasteiger partial charge >= 0.3 is 0 Å². The van der Waals surface area contributed by atoms with Crippen LogP contribution in [0.5, 0.6) is 0 Å². The standard InChI is InChI=1S/C7H4N2OS/c10-2-5-3-11-7-6(5)1-8-4-9-7/h1-4H. The van der Waals surface area contributed by atoms with Crippen LogP contribution in [0.1, 0.15) is 10.4 Å². The third-order valence-corrected chi connectivity index (χ3v) is 2.33. The summed E-state index contributed by atoms with van der Waals surface area (Å²) < 4.78 is 0. The number of carbonyl (C=O) groups is 1. The second kappa shape index (κ2) is 2.39. The first-order valence-corrected chi connectivity index (χ1v) is 3.92. The van der Waals surface area contributed by atoms with Crippen LogP contribution in [0.25, 0.3) is 10.2 Å². The molecule has 0 N–H and O–H groups in total. The molecule has 0 atom stereocenters. The predicted octanol–water partition coefficient (Wildman–Crippen LogP) is 1.50. The number of rotatable bonds is 1. The molecule has 0 radical (unpaired) electrons. The van der Waals surface area contributed by atoms with E-state index in [1.807, 2.05) is 0 Å². The minimum Gasteiger partial charge on any atom is -0.298 e. The van der Waals surface area contributed by atoms with Crippen molar-refractivity contribution in [1.82, 2.24) is 9.97 Å². The van der Waals surface area contributed by atoms with Gasteiger partial charge in [-0.05, 0) is 0 Å². The van der Waals surface area contributed by atoms with Gasteiger partial charge < -0.3 is 0 Å². The molecule has 3 nitrogen and oxygen atoms in total. The predicted molar refractivity (Wildman–Crippen MR) is 42.8 cm³/mol. The number of hydrogen-bond acceptors (Lipinski definition) is 4. The van der Waals surface area contributed by atoms with Gasteiger partial charge in [0.05, 0.1) is 0 Å². The van der Waals surface area contributed by atoms with E-state index in [0.717, 1.165) is 16.5 Å². The Balaban J connectivity index is 2.86. The third kappa shape index (κ3) is 0.914. The zero-order chi connectivity index (χ0) is 7.68. The SMILES string of the molecule is O=Cc1csc2ncncc12. The van der Waals surface area contributed by atoms with Gasteiger partial charge in [0.25, 0.3) is 0 Å². The van der Waals surface area contributed by atoms with Crippen molar-refractivity contribution in [3.8, 4) is 0 Å². The molecule has 0 fully saturated rings. The highest BCUT2D eigenvalue weighted by molar-refractivity contribution is 7.17. The lowest BCUT2D eigenvalue weighted by Gasteiger charge is -1.84. The maximum absolute atomic E-state index is 10.4. The molecule has 0 amide bonds. The van der Waals surface area contributed by atoms with E-state index < -0.39 is 0 Å². The second-order valence-corrected chi connectivity index (χ2v) is 2.91. The van der Waals surface area contributed by atoms with Crippen molar-refractivity contribution >= 4 is 27.8 Å². The first kappa shape index (κ1) is 6.42. The molecule has 0 aliphatic heterocycles. The molecule has 0 saturated heterocycles. The number of aldehydes is 1. The lowest BCUT2D eigenvalue weighted by molar-refractivity contribution is 0.112. The summed E-state index contributed by atoms with van der Waals surface area (Å²) in [5.74, 6) is 0. The van der Waals surface area contributed by atoms with E-state index in [4.69, 9.17) is 0 Å². The zero-order valence-corrected chi connectivity index (χ0v) is 6.34. The van der Waals surface area contributed by atoms with E-state index in [9.17, 15) is 4.79 Å². The fraction of sp³-hybridized carbons (Fsp3) is 0. The number of carbonyl (C=O) groups excluding carboxylic acids is 1. The smallest absolute Gasteiger partial charge is 0.151 e. The maximum atomic E-state index is 10.4. The average molecular weight is 164 g/mol. The van der Waals surface area contributed by atoms with Gasteiger partial charge in [-0.2, -0.15) is 0 Å². The Bertz CT molecular complexity index is 396. The molecule has 54 valence electrons. The molecule has 0 aliphatic carbocycles. The van der Waals surface area contributed by atoms with Crippen molar-refractivity contribution < 1.29 is 4.79 Å². The molecule has 11 heavy (non-hydrogen) atoms. The van der Waals surface area contributed by atoms with Crippen LogP contribution >= 0.6 is 11.3 Å². The number of nitrogens with zero attached hydrogens (tertiary/aromatic N) is 2. The molecule has 4 heteroatoms. The van der Waals surface area contributed by atoms with Crippen LogP contribution in [0.15, 0.2) is 17.9 Å². The van der Waals surface area contributed by atoms with Gasteiger partial charge in [0.2, 0.25) is 0 Å². The van der Waals surface area contributed by atoms with Crippen molar-refractivity contribution in [3.05, 3.63) is 23.5 Å². The van der Waals surface area contributed by atoms with Crippen molar-refractivity contribution in [2.45, 2.75) is 0 Å². The highest BCUT2D eigenvalue weighted by atomic mass is 32.1. The van der Waals surface area contributed by atoms with Gasteiger partial charge in [0.15, 0.2) is 6.29 Å². The first-order chi connectivity index (χ1) is 5.42. The van der Waals surface area contributed by atoms with Crippen LogP contribution < -0.4 is 0 Å². The minimum atomic E-state index is 0.672. The van der Waals surface area contributed by atoms with Crippen molar-refractivity contribution in [2.75, 3.05) is 0 Å². The van der Waals surface area contributed by atoms with Gasteiger partial charge in [-0.1, -0.05) is 0 Å². The summed E-state index contributed by atoms with van der Waals surface area (Å²) in [4.78, 5) is 19.1. The van der Waals surface area contributed by atoms with Crippen molar-refractivity contribution in [1.29, 1.82) is 0 Å². The quantitative estimate of drug-likeness (QED) is 0.600. The lowest BCUT2D eigenvalue weighted by Crippen LogP contribution is -1.78. The van der Waals surface area contributed by atoms with Crippen LogP contribution in [0.3, 0.4) is 0 Å². The summed E-state index contributed by atoms with van der Waals surface area (Å²) in [6.07, 6.45) is 3.96. The van der Waals surface area contributed by atoms with Crippen LogP contribution in [0.4, 0.5) is 0 Å². The molecule has 0 saturated carbocycles. The monoisotopic (exact) mass is 164 g/mol. The number of hydrogen-bond donors (Lipinski definition) is 0. The summed E-state index contributed by atoms with van der Waals surface area (Å²) in [6.45, 7) is 0. The minimum absolute atomic E-state index is 0.672. The normalized spacial score (nSPS) is 10.2. The molecule has 0 spiro atoms. The molecule has 2 aromatic heterocycles. The van der Waals surface area contributed by atoms with E-state index in [2.05, 4.69) is 9.97 Å². The van der Waals surface area contributed by atoms with Crippen LogP contribution in [-0.4, -0.2) is 16.3 Å². The molecule has 2 heterocycles. The molecular weight excluding hydrogens is 160 g/mol. The van der Waals surface area contributed by atoms with Gasteiger partial charge in [-0.3, -0.25) is 4.79 Å². The summed E-state index contributed by atoms with van der Waals surface area (Å²) in [6, 6.07) is 0. The molecule has 2 rings (SSSR count). The third-order valence-electron chi connectivity index (χ3n) is 1.41. The Morgan fingerprint density at radius 3 is 3.27 bits per heavy atom. The molecular formula is C7H4N2OS. The second-order valence-electron chi connectivity index (χ2n) is 2.05. The molecule has 2 aromatic rings. The summed E-state index contributed by atoms with van der Waals surface area (Å²) in [5.41, 5.74) is 0.672. The largest absolute Gasteiger partial charge is 0.298 e. The van der Waals surface area contributed by atoms with Crippen molar-refractivity contribution in [2.24, 2.45) is 0 Å². The maximum Gasteiger partial charge on any atom is 0.151 e. The number of fused-ring (bicyclic) bond motifs is 1. The topological polar surface area (TPSA) is 42.9 Å². The Morgan fingerprint density at radius 2 is 2.45 bits per heavy atom. The van der Waals surface area contributed by atoms with Gasteiger partial charge in [-0.15, -0.1) is 11.3 Å². The zero-order valence-electron chi connectivity index (χ0n) is 5.52. The Hall–Kier alpha value is -1.29. The highest BCUT2D eigenvalue weighted by Crippen LogP contribution is 2.20. The Labute approximate surface area is 66.7 Å². The first-order valence-electron chi connectivity index (χ1n) is 3.04. The Morgan fingerprint density at radius 1 is 1.55 bits per heavy atom. The number of aromatic nitrogens is 2. The average Bonchev–Trinajstić information content (AvgIpc) is 2.47. The van der Waals surface area contributed by atoms with E-state index in [-0.39, 0.29) is 0 Å². The van der Waals surface area contributed by atoms with E-state index in [0.29, 0.717) is 5.56 Å². The van der Waals surface area contributed by atoms with E-state index >= 15 is 0 Å². The van der Waals surface area contributed by atoms with Crippen molar-refractivity contribution in [3.63, 3.8) is 0 Å². The molecule has 0 aromatic carbocycles. The van der Waals surface area contributed by atoms with Gasteiger partial charge in [0.1, 0.15) is 11.2 Å². The summed E-state index contributed by atoms with van der Waals surface area (Å²) in [5, 5.41) is 2.62. The van der Waals surface area contributed by atoms with E-state index in [1.165, 1.54) is 17.7 Å². The fourth-order valence-corrected chi connectivity index (χ4v) is 1.71. The molecule has 0 unspecified atom stereocenters. The summed E-state index contributed by atoms with van der Waals surface area (Å²) in [7, 11) is 0. The fourth-order valence-electron chi connectivity index (χ4n) is 0.884. The Kier molecular flexibility index (Phi) is 1.40. The van der Waals surface area contributed by atoms with Crippen LogP contribution in [0.2, 0.25) is 0 Å². The van der Waals surface area contributed by atoms with Gasteiger partial charge in [0, 0.05) is 22.5 Å².